The molecule has 0 atom stereocenters. The molecule has 0 unspecified atom stereocenters. The first kappa shape index (κ1) is 15.8. The van der Waals surface area contributed by atoms with Crippen LogP contribution in [0.1, 0.15) is 29.6 Å². The summed E-state index contributed by atoms with van der Waals surface area (Å²) < 4.78 is 0.729. The normalized spacial score (nSPS) is 10.4. The van der Waals surface area contributed by atoms with Crippen molar-refractivity contribution in [2.45, 2.75) is 19.3 Å². The lowest BCUT2D eigenvalue weighted by Gasteiger charge is -2.17. The van der Waals surface area contributed by atoms with Crippen molar-refractivity contribution in [3.05, 3.63) is 33.3 Å². The molecule has 0 heterocycles. The van der Waals surface area contributed by atoms with Crippen molar-refractivity contribution in [2.24, 2.45) is 0 Å². The molecule has 0 fully saturated rings. The summed E-state index contributed by atoms with van der Waals surface area (Å²) in [6, 6.07) is 5.20. The topological polar surface area (TPSA) is 20.3 Å². The van der Waals surface area contributed by atoms with E-state index >= 15 is 0 Å². The number of alkyl halides is 1. The highest BCUT2D eigenvalue weighted by Gasteiger charge is 2.14. The van der Waals surface area contributed by atoms with Crippen molar-refractivity contribution in [2.75, 3.05) is 19.5 Å². The van der Waals surface area contributed by atoms with Crippen molar-refractivity contribution >= 4 is 45.0 Å². The van der Waals surface area contributed by atoms with Crippen molar-refractivity contribution in [3.8, 4) is 0 Å². The molecule has 0 N–H and O–H groups in total. The van der Waals surface area contributed by atoms with Crippen LogP contribution < -0.4 is 0 Å². The van der Waals surface area contributed by atoms with Crippen molar-refractivity contribution in [3.63, 3.8) is 0 Å². The smallest absolute Gasteiger partial charge is 0.254 e. The van der Waals surface area contributed by atoms with Crippen LogP contribution in [-0.2, 0) is 0 Å². The Kier molecular flexibility index (Phi) is 7.05. The van der Waals surface area contributed by atoms with Gasteiger partial charge in [-0.3, -0.25) is 4.79 Å². The summed E-state index contributed by atoms with van der Waals surface area (Å²) in [5, 5.41) is 0.614. The van der Waals surface area contributed by atoms with Gasteiger partial charge in [0.25, 0.3) is 5.91 Å². The zero-order chi connectivity index (χ0) is 13.5. The zero-order valence-electron chi connectivity index (χ0n) is 10.3. The molecular formula is C13H16BrCl2NO. The number of rotatable bonds is 6. The minimum atomic E-state index is 0.00409. The standard InChI is InChI=1S/C13H16BrCl2NO/c1-17(8-4-2-3-7-15)13(18)11-6-5-10(16)9-12(11)14/h5-6,9H,2-4,7-8H2,1H3. The summed E-state index contributed by atoms with van der Waals surface area (Å²) in [7, 11) is 1.81. The maximum absolute atomic E-state index is 12.2. The molecule has 0 aliphatic heterocycles. The van der Waals surface area contributed by atoms with Crippen LogP contribution in [-0.4, -0.2) is 30.3 Å². The number of amides is 1. The zero-order valence-corrected chi connectivity index (χ0v) is 13.4. The summed E-state index contributed by atoms with van der Waals surface area (Å²) in [5.74, 6) is 0.685. The van der Waals surface area contributed by atoms with E-state index in [0.717, 1.165) is 30.3 Å². The number of carbonyl (C=O) groups excluding carboxylic acids is 1. The molecule has 1 aromatic carbocycles. The Balaban J connectivity index is 2.57. The van der Waals surface area contributed by atoms with Gasteiger partial charge in [-0.2, -0.15) is 0 Å². The average Bonchev–Trinajstić information content (AvgIpc) is 2.33. The molecule has 0 aliphatic carbocycles. The predicted octanol–water partition coefficient (Wildman–Crippen LogP) is 4.58. The fourth-order valence-corrected chi connectivity index (χ4v) is 2.63. The molecule has 0 saturated heterocycles. The maximum Gasteiger partial charge on any atom is 0.254 e. The van der Waals surface area contributed by atoms with E-state index in [9.17, 15) is 4.79 Å². The van der Waals surface area contributed by atoms with Crippen LogP contribution in [0.2, 0.25) is 5.02 Å². The molecule has 0 aliphatic rings. The van der Waals surface area contributed by atoms with Gasteiger partial charge in [0.15, 0.2) is 0 Å². The van der Waals surface area contributed by atoms with Gasteiger partial charge in [0.2, 0.25) is 0 Å². The number of benzene rings is 1. The van der Waals surface area contributed by atoms with E-state index in [1.807, 2.05) is 7.05 Å². The van der Waals surface area contributed by atoms with Gasteiger partial charge in [-0.1, -0.05) is 18.0 Å². The number of hydrogen-bond donors (Lipinski definition) is 0. The predicted molar refractivity (Wildman–Crippen MR) is 80.7 cm³/mol. The number of nitrogens with zero attached hydrogens (tertiary/aromatic N) is 1. The fraction of sp³-hybridized carbons (Fsp3) is 0.462. The summed E-state index contributed by atoms with van der Waals surface area (Å²) in [5.41, 5.74) is 0.638. The van der Waals surface area contributed by atoms with E-state index in [2.05, 4.69) is 15.9 Å². The van der Waals surface area contributed by atoms with Crippen LogP contribution in [0, 0.1) is 0 Å². The van der Waals surface area contributed by atoms with Gasteiger partial charge in [-0.25, -0.2) is 0 Å². The summed E-state index contributed by atoms with van der Waals surface area (Å²) >= 11 is 14.8. The van der Waals surface area contributed by atoms with Crippen molar-refractivity contribution in [1.29, 1.82) is 0 Å². The van der Waals surface area contributed by atoms with Crippen molar-refractivity contribution in [1.82, 2.24) is 4.90 Å². The summed E-state index contributed by atoms with van der Waals surface area (Å²) in [6.07, 6.45) is 3.01. The van der Waals surface area contributed by atoms with E-state index in [0.29, 0.717) is 16.5 Å². The van der Waals surface area contributed by atoms with E-state index < -0.39 is 0 Å². The molecule has 18 heavy (non-hydrogen) atoms. The Morgan fingerprint density at radius 1 is 1.33 bits per heavy atom. The molecule has 0 spiro atoms. The number of unbranched alkanes of at least 4 members (excludes halogenated alkanes) is 2. The third-order valence-electron chi connectivity index (χ3n) is 2.64. The number of halogens is 3. The number of hydrogen-bond acceptors (Lipinski definition) is 1. The van der Waals surface area contributed by atoms with Crippen LogP contribution in [0.5, 0.6) is 0 Å². The Labute approximate surface area is 126 Å². The molecule has 1 amide bonds. The van der Waals surface area contributed by atoms with Crippen molar-refractivity contribution < 1.29 is 4.79 Å². The average molecular weight is 353 g/mol. The second-order valence-electron chi connectivity index (χ2n) is 4.10. The molecule has 0 saturated carbocycles. The molecule has 0 bridgehead atoms. The van der Waals surface area contributed by atoms with Gasteiger partial charge in [0, 0.05) is 29.0 Å². The molecule has 1 rings (SSSR count). The Hall–Kier alpha value is -0.250. The van der Waals surface area contributed by atoms with E-state index in [4.69, 9.17) is 23.2 Å². The molecule has 1 aromatic rings. The monoisotopic (exact) mass is 351 g/mol. The first-order valence-corrected chi connectivity index (χ1v) is 7.53. The first-order valence-electron chi connectivity index (χ1n) is 5.82. The van der Waals surface area contributed by atoms with Gasteiger partial charge in [-0.15, -0.1) is 11.6 Å². The molecular weight excluding hydrogens is 337 g/mol. The molecule has 2 nitrogen and oxygen atoms in total. The minimum absolute atomic E-state index is 0.00409. The summed E-state index contributed by atoms with van der Waals surface area (Å²) in [4.78, 5) is 13.9. The minimum Gasteiger partial charge on any atom is -0.342 e. The molecule has 0 radical (unpaired) electrons. The van der Waals surface area contributed by atoms with Gasteiger partial charge in [0.05, 0.1) is 5.56 Å². The van der Waals surface area contributed by atoms with Crippen LogP contribution >= 0.6 is 39.1 Å². The molecule has 5 heteroatoms. The lowest BCUT2D eigenvalue weighted by atomic mass is 10.2. The van der Waals surface area contributed by atoms with Gasteiger partial charge < -0.3 is 4.90 Å². The quantitative estimate of drug-likeness (QED) is 0.541. The van der Waals surface area contributed by atoms with Gasteiger partial charge >= 0.3 is 0 Å². The molecule has 100 valence electrons. The van der Waals surface area contributed by atoms with Gasteiger partial charge in [-0.05, 0) is 47.0 Å². The number of carbonyl (C=O) groups is 1. The van der Waals surface area contributed by atoms with E-state index in [1.165, 1.54) is 0 Å². The highest BCUT2D eigenvalue weighted by molar-refractivity contribution is 9.10. The largest absolute Gasteiger partial charge is 0.342 e. The third kappa shape index (κ3) is 4.79. The Bertz CT molecular complexity index is 412. The van der Waals surface area contributed by atoms with Crippen LogP contribution in [0.4, 0.5) is 0 Å². The third-order valence-corrected chi connectivity index (χ3v) is 3.79. The summed E-state index contributed by atoms with van der Waals surface area (Å²) in [6.45, 7) is 0.741. The first-order chi connectivity index (χ1) is 8.56. The maximum atomic E-state index is 12.2. The Morgan fingerprint density at radius 2 is 2.06 bits per heavy atom. The highest BCUT2D eigenvalue weighted by atomic mass is 79.9. The fourth-order valence-electron chi connectivity index (χ4n) is 1.59. The van der Waals surface area contributed by atoms with Crippen LogP contribution in [0.15, 0.2) is 22.7 Å². The second-order valence-corrected chi connectivity index (χ2v) is 5.77. The van der Waals surface area contributed by atoms with E-state index in [1.54, 1.807) is 23.1 Å². The second kappa shape index (κ2) is 8.03. The van der Waals surface area contributed by atoms with Crippen LogP contribution in [0.3, 0.4) is 0 Å². The highest BCUT2D eigenvalue weighted by Crippen LogP contribution is 2.22. The lowest BCUT2D eigenvalue weighted by Crippen LogP contribution is -2.28. The van der Waals surface area contributed by atoms with Gasteiger partial charge in [0.1, 0.15) is 0 Å². The SMILES string of the molecule is CN(CCCCCCl)C(=O)c1ccc(Cl)cc1Br. The molecule has 0 aromatic heterocycles. The van der Waals surface area contributed by atoms with Crippen LogP contribution in [0.25, 0.3) is 0 Å². The van der Waals surface area contributed by atoms with E-state index in [-0.39, 0.29) is 5.91 Å². The lowest BCUT2D eigenvalue weighted by molar-refractivity contribution is 0.0792. The Morgan fingerprint density at radius 3 is 2.67 bits per heavy atom.